The van der Waals surface area contributed by atoms with Crippen LogP contribution in [0.15, 0.2) is 42.5 Å². The molecule has 1 heterocycles. The third kappa shape index (κ3) is 2.96. The quantitative estimate of drug-likeness (QED) is 0.922. The maximum absolute atomic E-state index is 10.6. The topological polar surface area (TPSA) is 29.5 Å². The van der Waals surface area contributed by atoms with E-state index in [1.165, 1.54) is 11.1 Å². The van der Waals surface area contributed by atoms with Gasteiger partial charge in [-0.2, -0.15) is 0 Å². The number of aliphatic hydroxyl groups excluding tert-OH is 1. The van der Waals surface area contributed by atoms with Crippen LogP contribution in [0.5, 0.6) is 5.75 Å². The first-order valence-electron chi connectivity index (χ1n) is 7.49. The van der Waals surface area contributed by atoms with E-state index in [1.54, 1.807) is 0 Å². The molecule has 110 valence electrons. The Morgan fingerprint density at radius 3 is 2.57 bits per heavy atom. The standard InChI is InChI=1S/C19H22O2/c1-13-7-9-14(10-8-13)11-17(20)16-6-4-5-15-12-19(2,3)21-18(15)16/h4-10,17,20H,11-12H2,1-3H3. The van der Waals surface area contributed by atoms with E-state index in [0.29, 0.717) is 6.42 Å². The highest BCUT2D eigenvalue weighted by Gasteiger charge is 2.32. The second kappa shape index (κ2) is 5.19. The maximum atomic E-state index is 10.6. The van der Waals surface area contributed by atoms with E-state index in [-0.39, 0.29) is 5.60 Å². The Balaban J connectivity index is 1.85. The van der Waals surface area contributed by atoms with Crippen LogP contribution in [0.2, 0.25) is 0 Å². The molecule has 2 nitrogen and oxygen atoms in total. The lowest BCUT2D eigenvalue weighted by Gasteiger charge is -2.20. The predicted molar refractivity (Wildman–Crippen MR) is 84.7 cm³/mol. The van der Waals surface area contributed by atoms with Crippen LogP contribution in [0.3, 0.4) is 0 Å². The molecule has 1 aliphatic rings. The Kier molecular flexibility index (Phi) is 3.50. The molecular formula is C19H22O2. The second-order valence-corrected chi connectivity index (χ2v) is 6.58. The van der Waals surface area contributed by atoms with E-state index < -0.39 is 6.10 Å². The summed E-state index contributed by atoms with van der Waals surface area (Å²) < 4.78 is 6.04. The van der Waals surface area contributed by atoms with Gasteiger partial charge < -0.3 is 9.84 Å². The molecule has 2 heteroatoms. The molecule has 0 aromatic heterocycles. The molecular weight excluding hydrogens is 260 g/mol. The van der Waals surface area contributed by atoms with Gasteiger partial charge in [-0.15, -0.1) is 0 Å². The molecule has 1 N–H and O–H groups in total. The van der Waals surface area contributed by atoms with Crippen LogP contribution in [-0.2, 0) is 12.8 Å². The Morgan fingerprint density at radius 1 is 1.14 bits per heavy atom. The van der Waals surface area contributed by atoms with Crippen molar-refractivity contribution < 1.29 is 9.84 Å². The van der Waals surface area contributed by atoms with Gasteiger partial charge in [0.2, 0.25) is 0 Å². The monoisotopic (exact) mass is 282 g/mol. The highest BCUT2D eigenvalue weighted by Crippen LogP contribution is 2.40. The molecule has 1 unspecified atom stereocenters. The summed E-state index contributed by atoms with van der Waals surface area (Å²) in [7, 11) is 0. The molecule has 3 rings (SSSR count). The van der Waals surface area contributed by atoms with Gasteiger partial charge in [0.05, 0.1) is 6.10 Å². The lowest BCUT2D eigenvalue weighted by Crippen LogP contribution is -2.25. The Bertz CT molecular complexity index is 641. The zero-order valence-electron chi connectivity index (χ0n) is 12.9. The number of rotatable bonds is 3. The third-order valence-electron chi connectivity index (χ3n) is 4.03. The molecule has 1 aliphatic heterocycles. The summed E-state index contributed by atoms with van der Waals surface area (Å²) in [6.45, 7) is 6.24. The van der Waals surface area contributed by atoms with Gasteiger partial charge in [0, 0.05) is 18.4 Å². The summed E-state index contributed by atoms with van der Waals surface area (Å²) in [4.78, 5) is 0. The predicted octanol–water partition coefficient (Wildman–Crippen LogP) is 3.98. The first-order valence-corrected chi connectivity index (χ1v) is 7.49. The Labute approximate surface area is 126 Å². The number of benzene rings is 2. The van der Waals surface area contributed by atoms with E-state index in [2.05, 4.69) is 51.1 Å². The molecule has 0 spiro atoms. The number of hydrogen-bond donors (Lipinski definition) is 1. The summed E-state index contributed by atoms with van der Waals surface area (Å²) >= 11 is 0. The Morgan fingerprint density at radius 2 is 1.86 bits per heavy atom. The number of fused-ring (bicyclic) bond motifs is 1. The van der Waals surface area contributed by atoms with Crippen LogP contribution in [-0.4, -0.2) is 10.7 Å². The van der Waals surface area contributed by atoms with E-state index >= 15 is 0 Å². The van der Waals surface area contributed by atoms with Gasteiger partial charge in [0.25, 0.3) is 0 Å². The molecule has 0 radical (unpaired) electrons. The molecule has 0 fully saturated rings. The maximum Gasteiger partial charge on any atom is 0.129 e. The summed E-state index contributed by atoms with van der Waals surface area (Å²) in [6.07, 6.45) is 0.977. The van der Waals surface area contributed by atoms with E-state index in [4.69, 9.17) is 4.74 Å². The van der Waals surface area contributed by atoms with Crippen molar-refractivity contribution in [2.75, 3.05) is 0 Å². The second-order valence-electron chi connectivity index (χ2n) is 6.58. The minimum absolute atomic E-state index is 0.179. The molecule has 0 amide bonds. The van der Waals surface area contributed by atoms with E-state index in [0.717, 1.165) is 23.3 Å². The molecule has 0 saturated carbocycles. The van der Waals surface area contributed by atoms with Crippen molar-refractivity contribution in [3.63, 3.8) is 0 Å². The molecule has 0 aliphatic carbocycles. The fraction of sp³-hybridized carbons (Fsp3) is 0.368. The van der Waals surface area contributed by atoms with Crippen molar-refractivity contribution in [1.82, 2.24) is 0 Å². The number of ether oxygens (including phenoxy) is 1. The molecule has 1 atom stereocenters. The number of para-hydroxylation sites is 1. The van der Waals surface area contributed by atoms with Gasteiger partial charge in [-0.25, -0.2) is 0 Å². The highest BCUT2D eigenvalue weighted by molar-refractivity contribution is 5.47. The van der Waals surface area contributed by atoms with Gasteiger partial charge in [0.15, 0.2) is 0 Å². The van der Waals surface area contributed by atoms with Crippen LogP contribution in [0.4, 0.5) is 0 Å². The zero-order valence-corrected chi connectivity index (χ0v) is 12.9. The SMILES string of the molecule is Cc1ccc(CC(O)c2cccc3c2OC(C)(C)C3)cc1. The van der Waals surface area contributed by atoms with Gasteiger partial charge in [-0.1, -0.05) is 48.0 Å². The van der Waals surface area contributed by atoms with Crippen LogP contribution in [0, 0.1) is 6.92 Å². The summed E-state index contributed by atoms with van der Waals surface area (Å²) in [5.74, 6) is 0.877. The zero-order chi connectivity index (χ0) is 15.0. The first kappa shape index (κ1) is 14.2. The highest BCUT2D eigenvalue weighted by atomic mass is 16.5. The van der Waals surface area contributed by atoms with Crippen molar-refractivity contribution in [3.8, 4) is 5.75 Å². The number of aryl methyl sites for hydroxylation is 1. The molecule has 21 heavy (non-hydrogen) atoms. The van der Waals surface area contributed by atoms with Crippen LogP contribution in [0.1, 0.15) is 42.2 Å². The number of hydrogen-bond acceptors (Lipinski definition) is 2. The lowest BCUT2D eigenvalue weighted by atomic mass is 9.96. The third-order valence-corrected chi connectivity index (χ3v) is 4.03. The fourth-order valence-corrected chi connectivity index (χ4v) is 2.96. The van der Waals surface area contributed by atoms with Gasteiger partial charge in [-0.3, -0.25) is 0 Å². The Hall–Kier alpha value is -1.80. The van der Waals surface area contributed by atoms with E-state index in [9.17, 15) is 5.11 Å². The minimum Gasteiger partial charge on any atom is -0.487 e. The van der Waals surface area contributed by atoms with Crippen molar-refractivity contribution in [2.45, 2.75) is 45.3 Å². The van der Waals surface area contributed by atoms with Crippen LogP contribution >= 0.6 is 0 Å². The summed E-state index contributed by atoms with van der Waals surface area (Å²) in [5.41, 5.74) is 4.29. The minimum atomic E-state index is -0.531. The van der Waals surface area contributed by atoms with Crippen molar-refractivity contribution in [3.05, 3.63) is 64.7 Å². The number of aliphatic hydroxyl groups is 1. The van der Waals surface area contributed by atoms with Crippen molar-refractivity contribution in [1.29, 1.82) is 0 Å². The average molecular weight is 282 g/mol. The normalized spacial score (nSPS) is 17.1. The van der Waals surface area contributed by atoms with Gasteiger partial charge >= 0.3 is 0 Å². The smallest absolute Gasteiger partial charge is 0.129 e. The molecule has 2 aromatic rings. The molecule has 0 saturated heterocycles. The van der Waals surface area contributed by atoms with Crippen LogP contribution < -0.4 is 4.74 Å². The summed E-state index contributed by atoms with van der Waals surface area (Å²) in [5, 5.41) is 10.6. The van der Waals surface area contributed by atoms with Gasteiger partial charge in [0.1, 0.15) is 11.4 Å². The fourth-order valence-electron chi connectivity index (χ4n) is 2.96. The largest absolute Gasteiger partial charge is 0.487 e. The van der Waals surface area contributed by atoms with Crippen LogP contribution in [0.25, 0.3) is 0 Å². The average Bonchev–Trinajstić information content (AvgIpc) is 2.74. The van der Waals surface area contributed by atoms with E-state index in [1.807, 2.05) is 12.1 Å². The summed E-state index contributed by atoms with van der Waals surface area (Å²) in [6, 6.07) is 14.4. The molecule has 2 aromatic carbocycles. The van der Waals surface area contributed by atoms with Crippen molar-refractivity contribution in [2.24, 2.45) is 0 Å². The molecule has 0 bridgehead atoms. The van der Waals surface area contributed by atoms with Crippen molar-refractivity contribution >= 4 is 0 Å². The van der Waals surface area contributed by atoms with Gasteiger partial charge in [-0.05, 0) is 31.9 Å². The lowest BCUT2D eigenvalue weighted by molar-refractivity contribution is 0.126. The first-order chi connectivity index (χ1) is 9.94.